The lowest BCUT2D eigenvalue weighted by molar-refractivity contribution is 0.254. The maximum atomic E-state index is 4.37. The largest absolute Gasteiger partial charge is 0.380 e. The first kappa shape index (κ1) is 14.2. The van der Waals surface area contributed by atoms with Crippen LogP contribution in [0.15, 0.2) is 42.7 Å². The molecule has 1 aromatic heterocycles. The molecule has 21 heavy (non-hydrogen) atoms. The number of benzene rings is 1. The highest BCUT2D eigenvalue weighted by Crippen LogP contribution is 2.33. The van der Waals surface area contributed by atoms with Crippen molar-refractivity contribution in [3.63, 3.8) is 0 Å². The summed E-state index contributed by atoms with van der Waals surface area (Å²) in [5.41, 5.74) is 2.33. The predicted octanol–water partition coefficient (Wildman–Crippen LogP) is 4.50. The van der Waals surface area contributed by atoms with Gasteiger partial charge in [-0.1, -0.05) is 38.8 Å². The monoisotopic (exact) mass is 283 g/mol. The predicted molar refractivity (Wildman–Crippen MR) is 87.8 cm³/mol. The first-order valence-electron chi connectivity index (χ1n) is 8.11. The van der Waals surface area contributed by atoms with Crippen molar-refractivity contribution in [3.8, 4) is 5.69 Å². The van der Waals surface area contributed by atoms with Gasteiger partial charge in [0.15, 0.2) is 0 Å². The number of nitrogens with zero attached hydrogens (tertiary/aromatic N) is 2. The van der Waals surface area contributed by atoms with Crippen molar-refractivity contribution in [1.82, 2.24) is 9.78 Å². The summed E-state index contributed by atoms with van der Waals surface area (Å²) in [6.45, 7) is 4.70. The first-order chi connectivity index (χ1) is 10.3. The van der Waals surface area contributed by atoms with E-state index in [0.717, 1.165) is 17.5 Å². The van der Waals surface area contributed by atoms with Crippen LogP contribution in [0.25, 0.3) is 5.69 Å². The van der Waals surface area contributed by atoms with Crippen LogP contribution in [-0.4, -0.2) is 15.8 Å². The van der Waals surface area contributed by atoms with Crippen LogP contribution in [0.5, 0.6) is 0 Å². The second kappa shape index (κ2) is 6.33. The molecule has 1 N–H and O–H groups in total. The molecule has 1 aliphatic carbocycles. The molecule has 0 bridgehead atoms. The Balaban J connectivity index is 1.84. The second-order valence-corrected chi connectivity index (χ2v) is 6.41. The van der Waals surface area contributed by atoms with E-state index in [0.29, 0.717) is 6.04 Å². The molecule has 0 saturated heterocycles. The zero-order valence-corrected chi connectivity index (χ0v) is 13.0. The third kappa shape index (κ3) is 3.12. The third-order valence-electron chi connectivity index (χ3n) is 4.67. The maximum absolute atomic E-state index is 4.37. The average molecular weight is 283 g/mol. The first-order valence-corrected chi connectivity index (χ1v) is 8.11. The lowest BCUT2D eigenvalue weighted by Gasteiger charge is -2.36. The van der Waals surface area contributed by atoms with Gasteiger partial charge >= 0.3 is 0 Å². The fourth-order valence-corrected chi connectivity index (χ4v) is 3.54. The summed E-state index contributed by atoms with van der Waals surface area (Å²) in [7, 11) is 0. The number of aromatic nitrogens is 2. The molecule has 3 nitrogen and oxygen atoms in total. The minimum Gasteiger partial charge on any atom is -0.380 e. The topological polar surface area (TPSA) is 29.9 Å². The Hall–Kier alpha value is -1.77. The van der Waals surface area contributed by atoms with Gasteiger partial charge < -0.3 is 5.32 Å². The van der Waals surface area contributed by atoms with Gasteiger partial charge in [0.05, 0.1) is 11.4 Å². The van der Waals surface area contributed by atoms with Crippen molar-refractivity contribution in [2.24, 2.45) is 11.8 Å². The summed E-state index contributed by atoms with van der Waals surface area (Å²) < 4.78 is 1.94. The van der Waals surface area contributed by atoms with E-state index in [1.165, 1.54) is 31.4 Å². The van der Waals surface area contributed by atoms with Crippen LogP contribution in [0.4, 0.5) is 5.69 Å². The Bertz CT molecular complexity index is 560. The highest BCUT2D eigenvalue weighted by molar-refractivity contribution is 5.61. The molecule has 1 saturated carbocycles. The molecule has 0 aliphatic heterocycles. The minimum absolute atomic E-state index is 0.579. The molecule has 112 valence electrons. The standard InChI is InChI=1S/C18H25N3/c1-14(2)15-8-3-4-9-16(15)20-17-10-5-6-11-18(17)21-13-7-12-19-21/h5-7,10-16,20H,3-4,8-9H2,1-2H3. The molecule has 0 spiro atoms. The summed E-state index contributed by atoms with van der Waals surface area (Å²) in [5.74, 6) is 1.50. The van der Waals surface area contributed by atoms with E-state index in [-0.39, 0.29) is 0 Å². The molecule has 3 heteroatoms. The van der Waals surface area contributed by atoms with Crippen LogP contribution in [0, 0.1) is 11.8 Å². The summed E-state index contributed by atoms with van der Waals surface area (Å²) in [4.78, 5) is 0. The van der Waals surface area contributed by atoms with E-state index in [1.807, 2.05) is 23.1 Å². The van der Waals surface area contributed by atoms with Crippen LogP contribution in [0.3, 0.4) is 0 Å². The number of hydrogen-bond donors (Lipinski definition) is 1. The Labute approximate surface area is 127 Å². The SMILES string of the molecule is CC(C)C1CCCCC1Nc1ccccc1-n1cccn1. The summed E-state index contributed by atoms with van der Waals surface area (Å²) in [5, 5.41) is 8.18. The molecule has 0 amide bonds. The quantitative estimate of drug-likeness (QED) is 0.895. The van der Waals surface area contributed by atoms with Gasteiger partial charge in [0, 0.05) is 18.4 Å². The van der Waals surface area contributed by atoms with Gasteiger partial charge in [0.25, 0.3) is 0 Å². The van der Waals surface area contributed by atoms with Crippen molar-refractivity contribution in [2.45, 2.75) is 45.6 Å². The molecule has 0 radical (unpaired) electrons. The number of rotatable bonds is 4. The Morgan fingerprint density at radius 1 is 1.14 bits per heavy atom. The molecule has 1 aromatic carbocycles. The molecule has 1 fully saturated rings. The normalized spacial score (nSPS) is 22.4. The zero-order chi connectivity index (χ0) is 14.7. The van der Waals surface area contributed by atoms with Crippen molar-refractivity contribution in [2.75, 3.05) is 5.32 Å². The van der Waals surface area contributed by atoms with Crippen LogP contribution in [0.1, 0.15) is 39.5 Å². The second-order valence-electron chi connectivity index (χ2n) is 6.41. The molecular formula is C18H25N3. The smallest absolute Gasteiger partial charge is 0.0876 e. The van der Waals surface area contributed by atoms with Gasteiger partial charge in [-0.05, 0) is 42.9 Å². The summed E-state index contributed by atoms with van der Waals surface area (Å²) >= 11 is 0. The Morgan fingerprint density at radius 3 is 2.71 bits per heavy atom. The van der Waals surface area contributed by atoms with E-state index < -0.39 is 0 Å². The van der Waals surface area contributed by atoms with Gasteiger partial charge in [-0.2, -0.15) is 5.10 Å². The molecule has 2 atom stereocenters. The number of hydrogen-bond acceptors (Lipinski definition) is 2. The summed E-state index contributed by atoms with van der Waals surface area (Å²) in [6.07, 6.45) is 9.16. The van der Waals surface area contributed by atoms with Gasteiger partial charge in [0.2, 0.25) is 0 Å². The van der Waals surface area contributed by atoms with Crippen molar-refractivity contribution in [1.29, 1.82) is 0 Å². The average Bonchev–Trinajstić information content (AvgIpc) is 3.02. The Kier molecular flexibility index (Phi) is 4.28. The molecule has 2 unspecified atom stereocenters. The van der Waals surface area contributed by atoms with Crippen LogP contribution < -0.4 is 5.32 Å². The van der Waals surface area contributed by atoms with Gasteiger partial charge in [0.1, 0.15) is 0 Å². The third-order valence-corrected chi connectivity index (χ3v) is 4.67. The maximum Gasteiger partial charge on any atom is 0.0876 e. The lowest BCUT2D eigenvalue weighted by Crippen LogP contribution is -2.35. The molecule has 1 heterocycles. The van der Waals surface area contributed by atoms with Gasteiger partial charge in [-0.15, -0.1) is 0 Å². The lowest BCUT2D eigenvalue weighted by atomic mass is 9.77. The van der Waals surface area contributed by atoms with E-state index >= 15 is 0 Å². The molecule has 2 aromatic rings. The van der Waals surface area contributed by atoms with Crippen LogP contribution in [0.2, 0.25) is 0 Å². The number of anilines is 1. The van der Waals surface area contributed by atoms with E-state index in [9.17, 15) is 0 Å². The van der Waals surface area contributed by atoms with Gasteiger partial charge in [-0.3, -0.25) is 0 Å². The fraction of sp³-hybridized carbons (Fsp3) is 0.500. The van der Waals surface area contributed by atoms with Gasteiger partial charge in [-0.25, -0.2) is 4.68 Å². The van der Waals surface area contributed by atoms with Crippen LogP contribution in [-0.2, 0) is 0 Å². The van der Waals surface area contributed by atoms with E-state index in [2.05, 4.69) is 48.5 Å². The molecule has 3 rings (SSSR count). The number of para-hydroxylation sites is 2. The van der Waals surface area contributed by atoms with Crippen LogP contribution >= 0.6 is 0 Å². The van der Waals surface area contributed by atoms with E-state index in [1.54, 1.807) is 0 Å². The molecule has 1 aliphatic rings. The molecular weight excluding hydrogens is 258 g/mol. The van der Waals surface area contributed by atoms with Crippen molar-refractivity contribution >= 4 is 5.69 Å². The van der Waals surface area contributed by atoms with Crippen molar-refractivity contribution in [3.05, 3.63) is 42.7 Å². The van der Waals surface area contributed by atoms with E-state index in [4.69, 9.17) is 0 Å². The number of nitrogens with one attached hydrogen (secondary N) is 1. The highest BCUT2D eigenvalue weighted by Gasteiger charge is 2.27. The minimum atomic E-state index is 0.579. The Morgan fingerprint density at radius 2 is 1.95 bits per heavy atom. The zero-order valence-electron chi connectivity index (χ0n) is 13.0. The van der Waals surface area contributed by atoms with Crippen molar-refractivity contribution < 1.29 is 0 Å². The fourth-order valence-electron chi connectivity index (χ4n) is 3.54. The highest BCUT2D eigenvalue weighted by atomic mass is 15.3. The summed E-state index contributed by atoms with van der Waals surface area (Å²) in [6, 6.07) is 11.0.